The summed E-state index contributed by atoms with van der Waals surface area (Å²) in [6, 6.07) is 0.163. The van der Waals surface area contributed by atoms with E-state index in [1.807, 2.05) is 0 Å². The van der Waals surface area contributed by atoms with Gasteiger partial charge in [0, 0.05) is 12.6 Å². The van der Waals surface area contributed by atoms with E-state index in [-0.39, 0.29) is 11.6 Å². The van der Waals surface area contributed by atoms with Gasteiger partial charge in [-0.25, -0.2) is 0 Å². The second-order valence-corrected chi connectivity index (χ2v) is 6.47. The monoisotopic (exact) mass is 267 g/mol. The van der Waals surface area contributed by atoms with Crippen molar-refractivity contribution in [3.8, 4) is 0 Å². The molecule has 3 rings (SSSR count). The van der Waals surface area contributed by atoms with E-state index in [9.17, 15) is 9.90 Å². The summed E-state index contributed by atoms with van der Waals surface area (Å²) in [5.41, 5.74) is 0.109. The molecule has 19 heavy (non-hydrogen) atoms. The maximum atomic E-state index is 11.5. The predicted molar refractivity (Wildman–Crippen MR) is 72.2 cm³/mol. The van der Waals surface area contributed by atoms with Crippen LogP contribution in [0.4, 0.5) is 0 Å². The van der Waals surface area contributed by atoms with Crippen LogP contribution in [0.5, 0.6) is 0 Å². The molecular formula is C15H25NO3. The Morgan fingerprint density at radius 2 is 2.00 bits per heavy atom. The second-order valence-electron chi connectivity index (χ2n) is 6.47. The molecule has 2 atom stereocenters. The fraction of sp³-hybridized carbons (Fsp3) is 0.933. The highest BCUT2D eigenvalue weighted by Gasteiger charge is 2.45. The van der Waals surface area contributed by atoms with Crippen LogP contribution in [0.3, 0.4) is 0 Å². The molecule has 2 saturated heterocycles. The van der Waals surface area contributed by atoms with Gasteiger partial charge in [-0.1, -0.05) is 12.8 Å². The van der Waals surface area contributed by atoms with E-state index >= 15 is 0 Å². The van der Waals surface area contributed by atoms with Crippen LogP contribution < -0.4 is 0 Å². The first kappa shape index (κ1) is 13.4. The fourth-order valence-electron chi connectivity index (χ4n) is 4.04. The van der Waals surface area contributed by atoms with Crippen LogP contribution in [0.2, 0.25) is 0 Å². The molecule has 0 radical (unpaired) electrons. The van der Waals surface area contributed by atoms with E-state index in [0.717, 1.165) is 45.3 Å². The zero-order valence-electron chi connectivity index (χ0n) is 11.6. The second kappa shape index (κ2) is 5.41. The number of rotatable bonds is 2. The number of hydrogen-bond donors (Lipinski definition) is 1. The normalized spacial score (nSPS) is 35.6. The van der Waals surface area contributed by atoms with Crippen LogP contribution >= 0.6 is 0 Å². The third kappa shape index (κ3) is 2.65. The number of carbonyl (C=O) groups is 1. The minimum absolute atomic E-state index is 0.109. The Kier molecular flexibility index (Phi) is 3.81. The lowest BCUT2D eigenvalue weighted by Crippen LogP contribution is -2.55. The lowest BCUT2D eigenvalue weighted by Gasteiger charge is -2.50. The third-order valence-electron chi connectivity index (χ3n) is 5.28. The number of aliphatic carboxylic acids is 1. The summed E-state index contributed by atoms with van der Waals surface area (Å²) < 4.78 is 5.98. The standard InChI is InChI=1S/C15H25NO3/c17-14(18)13-5-2-1-3-9-16(13)12-6-10-19-15(11-12)7-4-8-15/h12-13H,1-11H2,(H,17,18). The zero-order chi connectivity index (χ0) is 13.3. The van der Waals surface area contributed by atoms with Crippen LogP contribution in [-0.2, 0) is 9.53 Å². The van der Waals surface area contributed by atoms with E-state index in [0.29, 0.717) is 6.04 Å². The van der Waals surface area contributed by atoms with Crippen LogP contribution in [0.15, 0.2) is 0 Å². The van der Waals surface area contributed by atoms with E-state index in [1.165, 1.54) is 25.7 Å². The molecule has 1 N–H and O–H groups in total. The Bertz CT molecular complexity index is 340. The number of carboxylic acid groups (broad SMARTS) is 1. The molecule has 3 aliphatic rings. The lowest BCUT2D eigenvalue weighted by molar-refractivity contribution is -0.161. The summed E-state index contributed by atoms with van der Waals surface area (Å²) in [6.07, 6.45) is 9.88. The Hall–Kier alpha value is -0.610. The predicted octanol–water partition coefficient (Wildman–Crippen LogP) is 2.42. The van der Waals surface area contributed by atoms with Gasteiger partial charge < -0.3 is 9.84 Å². The van der Waals surface area contributed by atoms with Gasteiger partial charge in [0.1, 0.15) is 6.04 Å². The number of ether oxygens (including phenoxy) is 1. The molecule has 3 fully saturated rings. The maximum absolute atomic E-state index is 11.5. The van der Waals surface area contributed by atoms with E-state index < -0.39 is 5.97 Å². The number of nitrogens with zero attached hydrogens (tertiary/aromatic N) is 1. The minimum atomic E-state index is -0.629. The summed E-state index contributed by atoms with van der Waals surface area (Å²) in [7, 11) is 0. The van der Waals surface area contributed by atoms with E-state index in [2.05, 4.69) is 4.90 Å². The molecule has 1 saturated carbocycles. The molecule has 108 valence electrons. The van der Waals surface area contributed by atoms with Crippen molar-refractivity contribution < 1.29 is 14.6 Å². The van der Waals surface area contributed by atoms with Gasteiger partial charge in [0.25, 0.3) is 0 Å². The summed E-state index contributed by atoms with van der Waals surface area (Å²) in [5.74, 6) is -0.629. The molecule has 4 heteroatoms. The number of likely N-dealkylation sites (tertiary alicyclic amines) is 1. The van der Waals surface area contributed by atoms with Gasteiger partial charge in [-0.15, -0.1) is 0 Å². The van der Waals surface area contributed by atoms with Crippen molar-refractivity contribution in [2.75, 3.05) is 13.2 Å². The highest BCUT2D eigenvalue weighted by atomic mass is 16.5. The SMILES string of the molecule is O=C(O)C1CCCCCN1C1CCOC2(CCC2)C1. The summed E-state index contributed by atoms with van der Waals surface area (Å²) in [4.78, 5) is 13.8. The molecule has 0 amide bonds. The molecule has 2 aliphatic heterocycles. The summed E-state index contributed by atoms with van der Waals surface area (Å²) >= 11 is 0. The van der Waals surface area contributed by atoms with Gasteiger partial charge in [0.05, 0.1) is 5.60 Å². The van der Waals surface area contributed by atoms with Crippen molar-refractivity contribution in [3.63, 3.8) is 0 Å². The van der Waals surface area contributed by atoms with Crippen LogP contribution in [0.1, 0.15) is 57.8 Å². The van der Waals surface area contributed by atoms with E-state index in [4.69, 9.17) is 4.74 Å². The van der Waals surface area contributed by atoms with Gasteiger partial charge in [-0.2, -0.15) is 0 Å². The average molecular weight is 267 g/mol. The zero-order valence-corrected chi connectivity index (χ0v) is 11.6. The largest absolute Gasteiger partial charge is 0.480 e. The van der Waals surface area contributed by atoms with Crippen molar-refractivity contribution in [2.45, 2.75) is 75.5 Å². The molecule has 0 aromatic rings. The summed E-state index contributed by atoms with van der Waals surface area (Å²) in [5, 5.41) is 9.49. The van der Waals surface area contributed by atoms with Gasteiger partial charge in [0.2, 0.25) is 0 Å². The highest BCUT2D eigenvalue weighted by molar-refractivity contribution is 5.73. The van der Waals surface area contributed by atoms with Gasteiger partial charge in [-0.3, -0.25) is 9.69 Å². The first-order valence-electron chi connectivity index (χ1n) is 7.83. The first-order valence-corrected chi connectivity index (χ1v) is 7.83. The molecule has 1 aliphatic carbocycles. The highest BCUT2D eigenvalue weighted by Crippen LogP contribution is 2.44. The van der Waals surface area contributed by atoms with Crippen molar-refractivity contribution in [1.29, 1.82) is 0 Å². The number of carboxylic acids is 1. The van der Waals surface area contributed by atoms with Crippen molar-refractivity contribution in [1.82, 2.24) is 4.90 Å². The first-order chi connectivity index (χ1) is 9.20. The van der Waals surface area contributed by atoms with Crippen molar-refractivity contribution >= 4 is 5.97 Å². The smallest absolute Gasteiger partial charge is 0.320 e. The molecule has 1 spiro atoms. The van der Waals surface area contributed by atoms with Crippen LogP contribution in [0, 0.1) is 0 Å². The van der Waals surface area contributed by atoms with Gasteiger partial charge in [0.15, 0.2) is 0 Å². The molecule has 2 heterocycles. The number of hydrogen-bond acceptors (Lipinski definition) is 3. The van der Waals surface area contributed by atoms with Gasteiger partial charge in [-0.05, 0) is 51.5 Å². The Morgan fingerprint density at radius 1 is 1.16 bits per heavy atom. The third-order valence-corrected chi connectivity index (χ3v) is 5.28. The topological polar surface area (TPSA) is 49.8 Å². The Morgan fingerprint density at radius 3 is 2.68 bits per heavy atom. The minimum Gasteiger partial charge on any atom is -0.480 e. The average Bonchev–Trinajstić information content (AvgIpc) is 2.62. The molecular weight excluding hydrogens is 242 g/mol. The maximum Gasteiger partial charge on any atom is 0.320 e. The molecule has 4 nitrogen and oxygen atoms in total. The molecule has 2 unspecified atom stereocenters. The molecule has 0 aromatic heterocycles. The molecule has 0 aromatic carbocycles. The quantitative estimate of drug-likeness (QED) is 0.834. The fourth-order valence-corrected chi connectivity index (χ4v) is 4.04. The summed E-state index contributed by atoms with van der Waals surface area (Å²) in [6.45, 7) is 1.77. The molecule has 0 bridgehead atoms. The lowest BCUT2D eigenvalue weighted by atomic mass is 9.73. The van der Waals surface area contributed by atoms with Crippen LogP contribution in [-0.4, -0.2) is 46.8 Å². The van der Waals surface area contributed by atoms with Gasteiger partial charge >= 0.3 is 5.97 Å². The van der Waals surface area contributed by atoms with E-state index in [1.54, 1.807) is 0 Å². The van der Waals surface area contributed by atoms with Crippen molar-refractivity contribution in [2.24, 2.45) is 0 Å². The Labute approximate surface area is 115 Å². The van der Waals surface area contributed by atoms with Crippen molar-refractivity contribution in [3.05, 3.63) is 0 Å². The van der Waals surface area contributed by atoms with Crippen LogP contribution in [0.25, 0.3) is 0 Å². The Balaban J connectivity index is 1.72.